The van der Waals surface area contributed by atoms with Crippen molar-refractivity contribution in [1.82, 2.24) is 14.9 Å². The van der Waals surface area contributed by atoms with Crippen molar-refractivity contribution >= 4 is 21.4 Å². The lowest BCUT2D eigenvalue weighted by atomic mass is 10.2. The van der Waals surface area contributed by atoms with Crippen LogP contribution in [0.2, 0.25) is 0 Å². The maximum atomic E-state index is 13.4. The molecule has 31 heavy (non-hydrogen) atoms. The molecule has 0 fully saturated rings. The van der Waals surface area contributed by atoms with Gasteiger partial charge in [0.25, 0.3) is 5.89 Å². The molecule has 2 aromatic heterocycles. The Hall–Kier alpha value is -3.08. The first-order chi connectivity index (χ1) is 14.9. The normalized spacial score (nSPS) is 11.6. The minimum Gasteiger partial charge on any atom is -0.497 e. The minimum absolute atomic E-state index is 0.119. The van der Waals surface area contributed by atoms with Crippen LogP contribution in [0.4, 0.5) is 4.39 Å². The average Bonchev–Trinajstić information content (AvgIpc) is 3.40. The van der Waals surface area contributed by atoms with Crippen LogP contribution in [0.25, 0.3) is 22.2 Å². The van der Waals surface area contributed by atoms with Gasteiger partial charge in [0.15, 0.2) is 0 Å². The van der Waals surface area contributed by atoms with Crippen molar-refractivity contribution < 1.29 is 22.1 Å². The van der Waals surface area contributed by atoms with Gasteiger partial charge in [-0.15, -0.1) is 11.3 Å². The zero-order valence-electron chi connectivity index (χ0n) is 16.6. The summed E-state index contributed by atoms with van der Waals surface area (Å²) >= 11 is 1.22. The molecule has 1 N–H and O–H groups in total. The summed E-state index contributed by atoms with van der Waals surface area (Å²) in [7, 11) is -2.21. The molecule has 4 aromatic rings. The first-order valence-electron chi connectivity index (χ1n) is 9.19. The molecule has 0 aliphatic rings. The molecule has 0 unspecified atom stereocenters. The molecule has 7 nitrogen and oxygen atoms in total. The highest BCUT2D eigenvalue weighted by Gasteiger charge is 2.23. The number of benzene rings is 2. The number of ether oxygens (including phenoxy) is 1. The molecule has 2 aromatic carbocycles. The molecule has 0 amide bonds. The van der Waals surface area contributed by atoms with Crippen LogP contribution in [-0.2, 0) is 16.6 Å². The van der Waals surface area contributed by atoms with Gasteiger partial charge >= 0.3 is 0 Å². The van der Waals surface area contributed by atoms with Crippen molar-refractivity contribution in [3.63, 3.8) is 0 Å². The number of nitrogens with one attached hydrogen (secondary N) is 1. The zero-order chi connectivity index (χ0) is 22.0. The lowest BCUT2D eigenvalue weighted by Gasteiger charge is -2.07. The second kappa shape index (κ2) is 8.58. The molecule has 4 rings (SSSR count). The zero-order valence-corrected chi connectivity index (χ0v) is 18.3. The number of aryl methyl sites for hydroxylation is 1. The number of methoxy groups -OCH3 is 1. The van der Waals surface area contributed by atoms with Crippen LogP contribution in [0.15, 0.2) is 64.0 Å². The fraction of sp³-hybridized carbons (Fsp3) is 0.143. The predicted molar refractivity (Wildman–Crippen MR) is 115 cm³/mol. The second-order valence-electron chi connectivity index (χ2n) is 6.64. The summed E-state index contributed by atoms with van der Waals surface area (Å²) in [6, 6.07) is 14.5. The predicted octanol–water partition coefficient (Wildman–Crippen LogP) is 4.40. The molecular weight excluding hydrogens is 441 g/mol. The summed E-state index contributed by atoms with van der Waals surface area (Å²) in [5, 5.41) is 3.87. The molecule has 0 saturated carbocycles. The van der Waals surface area contributed by atoms with E-state index in [0.717, 1.165) is 5.56 Å². The molecule has 2 heterocycles. The Balaban J connectivity index is 1.55. The van der Waals surface area contributed by atoms with E-state index in [9.17, 15) is 12.8 Å². The quantitative estimate of drug-likeness (QED) is 0.440. The van der Waals surface area contributed by atoms with Crippen LogP contribution in [0.5, 0.6) is 5.75 Å². The van der Waals surface area contributed by atoms with Gasteiger partial charge in [-0.1, -0.05) is 29.4 Å². The monoisotopic (exact) mass is 459 g/mol. The van der Waals surface area contributed by atoms with Crippen molar-refractivity contribution in [2.45, 2.75) is 18.4 Å². The van der Waals surface area contributed by atoms with Crippen molar-refractivity contribution in [1.29, 1.82) is 0 Å². The lowest BCUT2D eigenvalue weighted by Crippen LogP contribution is -2.23. The standard InChI is InChI=1S/C21H18FN3O4S2/c1-13-19(31(26,27)23-12-14-5-3-8-17(9-14)28-2)11-18(30-13)21-24-20(25-29-21)15-6-4-7-16(22)10-15/h3-11,23H,12H2,1-2H3. The SMILES string of the molecule is COc1cccc(CNS(=O)(=O)c2cc(-c3nc(-c4cccc(F)c4)no3)sc2C)c1. The summed E-state index contributed by atoms with van der Waals surface area (Å²) in [6.45, 7) is 1.83. The van der Waals surface area contributed by atoms with E-state index in [2.05, 4.69) is 14.9 Å². The van der Waals surface area contributed by atoms with E-state index in [1.807, 2.05) is 6.07 Å². The Morgan fingerprint density at radius 2 is 1.97 bits per heavy atom. The molecule has 0 saturated heterocycles. The first kappa shape index (κ1) is 21.2. The maximum Gasteiger partial charge on any atom is 0.268 e. The smallest absolute Gasteiger partial charge is 0.268 e. The maximum absolute atomic E-state index is 13.4. The molecule has 0 aliphatic carbocycles. The number of halogens is 1. The number of sulfonamides is 1. The minimum atomic E-state index is -3.77. The van der Waals surface area contributed by atoms with E-state index in [0.29, 0.717) is 21.1 Å². The first-order valence-corrected chi connectivity index (χ1v) is 11.5. The Labute approximate surface area is 182 Å². The van der Waals surface area contributed by atoms with Gasteiger partial charge in [0.05, 0.1) is 16.9 Å². The molecule has 0 spiro atoms. The van der Waals surface area contributed by atoms with Crippen molar-refractivity contribution in [3.05, 3.63) is 70.9 Å². The summed E-state index contributed by atoms with van der Waals surface area (Å²) in [4.78, 5) is 5.51. The molecule has 160 valence electrons. The third-order valence-corrected chi connectivity index (χ3v) is 7.18. The Morgan fingerprint density at radius 1 is 1.16 bits per heavy atom. The van der Waals surface area contributed by atoms with E-state index in [1.165, 1.54) is 29.5 Å². The largest absolute Gasteiger partial charge is 0.497 e. The molecule has 0 bridgehead atoms. The average molecular weight is 460 g/mol. The van der Waals surface area contributed by atoms with Gasteiger partial charge in [0, 0.05) is 17.0 Å². The van der Waals surface area contributed by atoms with Crippen LogP contribution in [0.1, 0.15) is 10.4 Å². The number of hydrogen-bond acceptors (Lipinski definition) is 7. The third kappa shape index (κ3) is 4.66. The van der Waals surface area contributed by atoms with Gasteiger partial charge in [0.1, 0.15) is 11.6 Å². The molecule has 0 aliphatic heterocycles. The number of nitrogens with zero attached hydrogens (tertiary/aromatic N) is 2. The van der Waals surface area contributed by atoms with Gasteiger partial charge in [0.2, 0.25) is 15.8 Å². The van der Waals surface area contributed by atoms with E-state index in [1.54, 1.807) is 44.4 Å². The summed E-state index contributed by atoms with van der Waals surface area (Å²) in [5.74, 6) is 0.630. The van der Waals surface area contributed by atoms with Crippen LogP contribution in [0.3, 0.4) is 0 Å². The van der Waals surface area contributed by atoms with E-state index in [-0.39, 0.29) is 23.2 Å². The Bertz CT molecular complexity index is 1330. The van der Waals surface area contributed by atoms with Gasteiger partial charge in [-0.25, -0.2) is 17.5 Å². The molecule has 10 heteroatoms. The Kier molecular flexibility index (Phi) is 5.86. The number of rotatable bonds is 7. The van der Waals surface area contributed by atoms with Crippen LogP contribution < -0.4 is 9.46 Å². The second-order valence-corrected chi connectivity index (χ2v) is 9.63. The van der Waals surface area contributed by atoms with Crippen LogP contribution in [-0.4, -0.2) is 25.7 Å². The lowest BCUT2D eigenvalue weighted by molar-refractivity contribution is 0.414. The van der Waals surface area contributed by atoms with E-state index in [4.69, 9.17) is 9.26 Å². The highest BCUT2D eigenvalue weighted by atomic mass is 32.2. The fourth-order valence-corrected chi connectivity index (χ4v) is 5.47. The number of aromatic nitrogens is 2. The van der Waals surface area contributed by atoms with Crippen molar-refractivity contribution in [2.75, 3.05) is 7.11 Å². The van der Waals surface area contributed by atoms with Crippen molar-refractivity contribution in [3.8, 4) is 27.9 Å². The van der Waals surface area contributed by atoms with Gasteiger partial charge in [-0.3, -0.25) is 0 Å². The summed E-state index contributed by atoms with van der Waals surface area (Å²) in [6.07, 6.45) is 0. The topological polar surface area (TPSA) is 94.3 Å². The molecular formula is C21H18FN3O4S2. The number of hydrogen-bond donors (Lipinski definition) is 1. The molecule has 0 radical (unpaired) electrons. The van der Waals surface area contributed by atoms with E-state index >= 15 is 0 Å². The highest BCUT2D eigenvalue weighted by molar-refractivity contribution is 7.89. The molecule has 0 atom stereocenters. The third-order valence-electron chi connectivity index (χ3n) is 4.48. The summed E-state index contributed by atoms with van der Waals surface area (Å²) < 4.78 is 52.2. The van der Waals surface area contributed by atoms with Gasteiger partial charge < -0.3 is 9.26 Å². The van der Waals surface area contributed by atoms with Crippen molar-refractivity contribution in [2.24, 2.45) is 0 Å². The summed E-state index contributed by atoms with van der Waals surface area (Å²) in [5.41, 5.74) is 1.24. The van der Waals surface area contributed by atoms with Gasteiger partial charge in [-0.05, 0) is 42.8 Å². The van der Waals surface area contributed by atoms with Crippen LogP contribution in [0, 0.1) is 12.7 Å². The fourth-order valence-electron chi connectivity index (χ4n) is 2.94. The highest BCUT2D eigenvalue weighted by Crippen LogP contribution is 2.33. The number of thiophene rings is 1. The van der Waals surface area contributed by atoms with E-state index < -0.39 is 15.8 Å². The Morgan fingerprint density at radius 3 is 2.74 bits per heavy atom. The van der Waals surface area contributed by atoms with Crippen LogP contribution >= 0.6 is 11.3 Å². The van der Waals surface area contributed by atoms with Gasteiger partial charge in [-0.2, -0.15) is 4.98 Å².